The highest BCUT2D eigenvalue weighted by Crippen LogP contribution is 2.53. The van der Waals surface area contributed by atoms with Gasteiger partial charge in [0.15, 0.2) is 5.82 Å². The molecule has 284 valence electrons. The van der Waals surface area contributed by atoms with Crippen LogP contribution in [0.4, 0.5) is 0 Å². The van der Waals surface area contributed by atoms with Gasteiger partial charge < -0.3 is 9.13 Å². The lowest BCUT2D eigenvalue weighted by molar-refractivity contribution is 0.646. The van der Waals surface area contributed by atoms with Crippen molar-refractivity contribution in [3.05, 3.63) is 205 Å². The van der Waals surface area contributed by atoms with E-state index < -0.39 is 0 Å². The van der Waals surface area contributed by atoms with Crippen LogP contribution in [0.15, 0.2) is 194 Å². The summed E-state index contributed by atoms with van der Waals surface area (Å²) in [5.74, 6) is 1.60. The van der Waals surface area contributed by atoms with Gasteiger partial charge in [-0.05, 0) is 72.3 Å². The van der Waals surface area contributed by atoms with Crippen LogP contribution in [-0.2, 0) is 5.41 Å². The summed E-state index contributed by atoms with van der Waals surface area (Å²) in [6.45, 7) is 4.70. The molecule has 0 saturated carbocycles. The molecule has 11 aromatic rings. The number of para-hydroxylation sites is 5. The maximum Gasteiger partial charge on any atom is 0.178 e. The number of nitrogens with zero attached hydrogens (tertiary/aromatic N) is 6. The molecule has 60 heavy (non-hydrogen) atoms. The predicted molar refractivity (Wildman–Crippen MR) is 244 cm³/mol. The van der Waals surface area contributed by atoms with Gasteiger partial charge in [0, 0.05) is 44.3 Å². The summed E-state index contributed by atoms with van der Waals surface area (Å²) in [6, 6.07) is 68.4. The van der Waals surface area contributed by atoms with E-state index in [-0.39, 0.29) is 5.41 Å². The summed E-state index contributed by atoms with van der Waals surface area (Å²) in [6.07, 6.45) is 0. The zero-order valence-electron chi connectivity index (χ0n) is 33.2. The fraction of sp³-hybridized carbons (Fsp3) is 0.0556. The van der Waals surface area contributed by atoms with Crippen LogP contribution >= 0.6 is 0 Å². The summed E-state index contributed by atoms with van der Waals surface area (Å²) in [5, 5.41) is 2.30. The molecular weight excluding hydrogens is 733 g/mol. The van der Waals surface area contributed by atoms with Gasteiger partial charge in [0.2, 0.25) is 0 Å². The molecule has 7 aromatic carbocycles. The monoisotopic (exact) mass is 770 g/mol. The zero-order valence-corrected chi connectivity index (χ0v) is 33.2. The van der Waals surface area contributed by atoms with Crippen LogP contribution in [0.3, 0.4) is 0 Å². The second kappa shape index (κ2) is 13.1. The van der Waals surface area contributed by atoms with E-state index in [2.05, 4.69) is 210 Å². The van der Waals surface area contributed by atoms with Gasteiger partial charge in [0.05, 0.1) is 44.8 Å². The van der Waals surface area contributed by atoms with E-state index in [1.165, 1.54) is 11.3 Å². The lowest BCUT2D eigenvalue weighted by atomic mass is 9.83. The Labute approximate surface area is 347 Å². The van der Waals surface area contributed by atoms with E-state index in [1.807, 2.05) is 12.1 Å². The quantitative estimate of drug-likeness (QED) is 0.169. The molecule has 6 nitrogen and oxygen atoms in total. The smallest absolute Gasteiger partial charge is 0.178 e. The number of rotatable bonds is 6. The molecule has 0 unspecified atom stereocenters. The van der Waals surface area contributed by atoms with Crippen LogP contribution in [0.1, 0.15) is 25.1 Å². The zero-order chi connectivity index (χ0) is 40.0. The van der Waals surface area contributed by atoms with Gasteiger partial charge in [-0.1, -0.05) is 141 Å². The summed E-state index contributed by atoms with van der Waals surface area (Å²) in [4.78, 5) is 16.1. The molecular formula is C54H38N6. The molecule has 0 amide bonds. The molecule has 0 aliphatic carbocycles. The van der Waals surface area contributed by atoms with Crippen molar-refractivity contribution in [2.45, 2.75) is 19.3 Å². The van der Waals surface area contributed by atoms with E-state index in [4.69, 9.17) is 15.0 Å². The van der Waals surface area contributed by atoms with Crippen LogP contribution < -0.4 is 0 Å². The lowest BCUT2D eigenvalue weighted by Crippen LogP contribution is -2.16. The first-order valence-corrected chi connectivity index (χ1v) is 20.5. The Kier molecular flexibility index (Phi) is 7.47. The fourth-order valence-corrected chi connectivity index (χ4v) is 9.54. The highest BCUT2D eigenvalue weighted by Gasteiger charge is 2.43. The molecule has 12 rings (SSSR count). The third-order valence-electron chi connectivity index (χ3n) is 12.2. The van der Waals surface area contributed by atoms with Crippen molar-refractivity contribution >= 4 is 32.8 Å². The average Bonchev–Trinajstić information content (AvgIpc) is 4.03. The van der Waals surface area contributed by atoms with E-state index in [9.17, 15) is 0 Å². The van der Waals surface area contributed by atoms with Gasteiger partial charge in [0.1, 0.15) is 11.5 Å². The molecule has 4 aromatic heterocycles. The van der Waals surface area contributed by atoms with Gasteiger partial charge in [-0.2, -0.15) is 0 Å². The summed E-state index contributed by atoms with van der Waals surface area (Å²) in [7, 11) is 0. The molecule has 0 N–H and O–H groups in total. The Morgan fingerprint density at radius 3 is 1.72 bits per heavy atom. The fourth-order valence-electron chi connectivity index (χ4n) is 9.54. The Morgan fingerprint density at radius 1 is 0.450 bits per heavy atom. The molecule has 0 radical (unpaired) electrons. The second-order valence-electron chi connectivity index (χ2n) is 16.1. The van der Waals surface area contributed by atoms with Gasteiger partial charge in [0.25, 0.3) is 0 Å². The van der Waals surface area contributed by atoms with E-state index in [0.29, 0.717) is 5.82 Å². The number of imidazole rings is 1. The van der Waals surface area contributed by atoms with Crippen molar-refractivity contribution in [1.29, 1.82) is 0 Å². The minimum Gasteiger partial charge on any atom is -0.307 e. The molecule has 1 aliphatic rings. The van der Waals surface area contributed by atoms with Crippen molar-refractivity contribution in [2.75, 3.05) is 0 Å². The molecule has 0 spiro atoms. The minimum atomic E-state index is -0.334. The average molecular weight is 771 g/mol. The van der Waals surface area contributed by atoms with Crippen molar-refractivity contribution in [3.8, 4) is 62.5 Å². The largest absolute Gasteiger partial charge is 0.307 e. The number of hydrogen-bond donors (Lipinski definition) is 0. The van der Waals surface area contributed by atoms with Crippen molar-refractivity contribution in [3.63, 3.8) is 0 Å². The number of hydrogen-bond acceptors (Lipinski definition) is 3. The molecule has 6 heteroatoms. The molecule has 0 atom stereocenters. The third kappa shape index (κ3) is 5.04. The van der Waals surface area contributed by atoms with E-state index in [1.54, 1.807) is 0 Å². The minimum absolute atomic E-state index is 0.334. The highest BCUT2D eigenvalue weighted by molar-refractivity contribution is 6.17. The summed E-state index contributed by atoms with van der Waals surface area (Å²) >= 11 is 0. The van der Waals surface area contributed by atoms with Crippen LogP contribution in [-0.4, -0.2) is 28.7 Å². The normalized spacial score (nSPS) is 13.0. The lowest BCUT2D eigenvalue weighted by Gasteiger charge is -2.21. The van der Waals surface area contributed by atoms with Crippen molar-refractivity contribution in [2.24, 2.45) is 0 Å². The second-order valence-corrected chi connectivity index (χ2v) is 16.1. The summed E-state index contributed by atoms with van der Waals surface area (Å²) in [5.41, 5.74) is 15.7. The molecule has 0 saturated heterocycles. The van der Waals surface area contributed by atoms with Gasteiger partial charge in [-0.15, -0.1) is 0 Å². The molecule has 0 bridgehead atoms. The molecule has 1 aliphatic heterocycles. The first kappa shape index (κ1) is 34.2. The summed E-state index contributed by atoms with van der Waals surface area (Å²) < 4.78 is 7.17. The number of aromatic nitrogens is 6. The molecule has 5 heterocycles. The van der Waals surface area contributed by atoms with Crippen LogP contribution in [0.25, 0.3) is 95.3 Å². The Bertz CT molecular complexity index is 3370. The third-order valence-corrected chi connectivity index (χ3v) is 12.2. The van der Waals surface area contributed by atoms with Crippen LogP contribution in [0, 0.1) is 0 Å². The standard InChI is InChI=1S/C54H38N6/c1-54(2)41-25-13-16-28-46(41)60-50(52-55-43(35-18-6-3-7-19-35)34-44(56-52)36-20-8-4-9-21-36)48-40-24-12-15-27-45(40)58(49(48)51(54)60)39-32-30-37(31-33-39)53-57-42-26-14-17-29-47(42)59(53)38-22-10-5-11-23-38/h3-34H,1-2H3. The first-order valence-electron chi connectivity index (χ1n) is 20.5. The van der Waals surface area contributed by atoms with Crippen LogP contribution in [0.5, 0.6) is 0 Å². The van der Waals surface area contributed by atoms with Crippen molar-refractivity contribution in [1.82, 2.24) is 28.7 Å². The number of benzene rings is 7. The Balaban J connectivity index is 1.14. The van der Waals surface area contributed by atoms with Gasteiger partial charge >= 0.3 is 0 Å². The van der Waals surface area contributed by atoms with Crippen LogP contribution in [0.2, 0.25) is 0 Å². The van der Waals surface area contributed by atoms with Crippen molar-refractivity contribution < 1.29 is 0 Å². The van der Waals surface area contributed by atoms with E-state index in [0.717, 1.165) is 89.5 Å². The molecule has 0 fully saturated rings. The predicted octanol–water partition coefficient (Wildman–Crippen LogP) is 13.0. The van der Waals surface area contributed by atoms with Gasteiger partial charge in [-0.3, -0.25) is 4.57 Å². The number of fused-ring (bicyclic) bond motifs is 8. The maximum atomic E-state index is 5.45. The Hall–Kier alpha value is -7.83. The topological polar surface area (TPSA) is 53.5 Å². The SMILES string of the molecule is CC1(C)c2ccccc2-n2c(-c3nc(-c4ccccc4)cc(-c4ccccc4)n3)c3c4ccccc4n(-c4ccc(-c5nc6ccccc6n5-c5ccccc5)cc4)c3c21. The first-order chi connectivity index (χ1) is 29.5. The Morgan fingerprint density at radius 2 is 1.02 bits per heavy atom. The highest BCUT2D eigenvalue weighted by atomic mass is 15.1. The maximum absolute atomic E-state index is 5.45. The van der Waals surface area contributed by atoms with Gasteiger partial charge in [-0.25, -0.2) is 15.0 Å². The van der Waals surface area contributed by atoms with E-state index >= 15 is 0 Å².